The summed E-state index contributed by atoms with van der Waals surface area (Å²) in [5.74, 6) is 1.47. The fraction of sp³-hybridized carbons (Fsp3) is 0. The van der Waals surface area contributed by atoms with Crippen molar-refractivity contribution in [3.05, 3.63) is 94.5 Å². The Kier molecular flexibility index (Phi) is 4.35. The second kappa shape index (κ2) is 6.58. The molecule has 0 unspecified atom stereocenters. The van der Waals surface area contributed by atoms with E-state index in [9.17, 15) is 4.79 Å². The first kappa shape index (κ1) is 14.5. The normalized spacial score (nSPS) is 10.2. The van der Waals surface area contributed by atoms with Gasteiger partial charge in [-0.2, -0.15) is 0 Å². The Labute approximate surface area is 137 Å². The molecule has 2 nitrogen and oxygen atoms in total. The van der Waals surface area contributed by atoms with Gasteiger partial charge in [-0.25, -0.2) is 0 Å². The van der Waals surface area contributed by atoms with Crippen LogP contribution in [0.2, 0.25) is 0 Å². The van der Waals surface area contributed by atoms with Crippen molar-refractivity contribution in [3.8, 4) is 11.5 Å². The lowest BCUT2D eigenvalue weighted by Crippen LogP contribution is -2.00. The maximum absolute atomic E-state index is 12.4. The molecule has 0 atom stereocenters. The molecule has 0 fully saturated rings. The standard InChI is InChI=1S/C19H13BrO2/c20-16-6-4-5-15(13-16)19(21)14-9-11-18(12-10-14)22-17-7-2-1-3-8-17/h1-13H. The Balaban J connectivity index is 1.78. The highest BCUT2D eigenvalue weighted by Crippen LogP contribution is 2.22. The molecule has 0 aliphatic heterocycles. The average Bonchev–Trinajstić information content (AvgIpc) is 2.56. The lowest BCUT2D eigenvalue weighted by molar-refractivity contribution is 0.103. The minimum atomic E-state index is -0.00689. The smallest absolute Gasteiger partial charge is 0.193 e. The van der Waals surface area contributed by atoms with Gasteiger partial charge in [0.05, 0.1) is 0 Å². The number of rotatable bonds is 4. The SMILES string of the molecule is O=C(c1ccc(Oc2ccccc2)cc1)c1cccc(Br)c1. The minimum absolute atomic E-state index is 0.00689. The third-order valence-corrected chi connectivity index (χ3v) is 3.68. The van der Waals surface area contributed by atoms with E-state index in [1.54, 1.807) is 24.3 Å². The fourth-order valence-corrected chi connectivity index (χ4v) is 2.49. The molecule has 0 amide bonds. The van der Waals surface area contributed by atoms with Gasteiger partial charge in [0.15, 0.2) is 5.78 Å². The zero-order valence-corrected chi connectivity index (χ0v) is 13.3. The zero-order valence-electron chi connectivity index (χ0n) is 11.7. The topological polar surface area (TPSA) is 26.3 Å². The summed E-state index contributed by atoms with van der Waals surface area (Å²) in [5, 5.41) is 0. The van der Waals surface area contributed by atoms with E-state index >= 15 is 0 Å². The average molecular weight is 353 g/mol. The van der Waals surface area contributed by atoms with Crippen molar-refractivity contribution in [2.75, 3.05) is 0 Å². The summed E-state index contributed by atoms with van der Waals surface area (Å²) in [5.41, 5.74) is 1.30. The van der Waals surface area contributed by atoms with Crippen LogP contribution in [0.25, 0.3) is 0 Å². The lowest BCUT2D eigenvalue weighted by atomic mass is 10.0. The number of ether oxygens (including phenoxy) is 1. The minimum Gasteiger partial charge on any atom is -0.457 e. The van der Waals surface area contributed by atoms with Gasteiger partial charge in [0.25, 0.3) is 0 Å². The number of halogens is 1. The molecule has 0 bridgehead atoms. The predicted molar refractivity (Wildman–Crippen MR) is 90.5 cm³/mol. The maximum Gasteiger partial charge on any atom is 0.193 e. The summed E-state index contributed by atoms with van der Waals surface area (Å²) >= 11 is 3.38. The van der Waals surface area contributed by atoms with Crippen molar-refractivity contribution in [2.45, 2.75) is 0 Å². The van der Waals surface area contributed by atoms with Crippen molar-refractivity contribution < 1.29 is 9.53 Å². The molecule has 0 spiro atoms. The molecule has 0 saturated heterocycles. The van der Waals surface area contributed by atoms with Crippen LogP contribution in [0.1, 0.15) is 15.9 Å². The fourth-order valence-electron chi connectivity index (χ4n) is 2.10. The van der Waals surface area contributed by atoms with E-state index in [1.165, 1.54) is 0 Å². The second-order valence-corrected chi connectivity index (χ2v) is 5.69. The lowest BCUT2D eigenvalue weighted by Gasteiger charge is -2.06. The number of carbonyl (C=O) groups is 1. The van der Waals surface area contributed by atoms with E-state index in [0.717, 1.165) is 10.2 Å². The van der Waals surface area contributed by atoms with E-state index in [0.29, 0.717) is 16.9 Å². The summed E-state index contributed by atoms with van der Waals surface area (Å²) in [6.45, 7) is 0. The molecular weight excluding hydrogens is 340 g/mol. The van der Waals surface area contributed by atoms with Gasteiger partial charge >= 0.3 is 0 Å². The first-order chi connectivity index (χ1) is 10.7. The molecule has 108 valence electrons. The van der Waals surface area contributed by atoms with Crippen molar-refractivity contribution in [3.63, 3.8) is 0 Å². The molecule has 0 aromatic heterocycles. The van der Waals surface area contributed by atoms with E-state index < -0.39 is 0 Å². The summed E-state index contributed by atoms with van der Waals surface area (Å²) in [6.07, 6.45) is 0. The molecule has 0 saturated carbocycles. The van der Waals surface area contributed by atoms with Crippen LogP contribution in [0.15, 0.2) is 83.3 Å². The first-order valence-electron chi connectivity index (χ1n) is 6.85. The van der Waals surface area contributed by atoms with Crippen molar-refractivity contribution in [1.29, 1.82) is 0 Å². The van der Waals surface area contributed by atoms with Crippen molar-refractivity contribution in [1.82, 2.24) is 0 Å². The van der Waals surface area contributed by atoms with Gasteiger partial charge in [-0.3, -0.25) is 4.79 Å². The van der Waals surface area contributed by atoms with Crippen LogP contribution in [-0.4, -0.2) is 5.78 Å². The first-order valence-corrected chi connectivity index (χ1v) is 7.65. The number of hydrogen-bond acceptors (Lipinski definition) is 2. The Hall–Kier alpha value is -2.39. The highest BCUT2D eigenvalue weighted by Gasteiger charge is 2.09. The van der Waals surface area contributed by atoms with Gasteiger partial charge in [-0.15, -0.1) is 0 Å². The molecule has 22 heavy (non-hydrogen) atoms. The molecule has 3 rings (SSSR count). The van der Waals surface area contributed by atoms with E-state index in [2.05, 4.69) is 15.9 Å². The number of ketones is 1. The van der Waals surface area contributed by atoms with Crippen LogP contribution in [0, 0.1) is 0 Å². The summed E-state index contributed by atoms with van der Waals surface area (Å²) in [6, 6.07) is 24.1. The summed E-state index contributed by atoms with van der Waals surface area (Å²) < 4.78 is 6.61. The highest BCUT2D eigenvalue weighted by atomic mass is 79.9. The number of hydrogen-bond donors (Lipinski definition) is 0. The maximum atomic E-state index is 12.4. The van der Waals surface area contributed by atoms with Gasteiger partial charge in [-0.1, -0.05) is 46.3 Å². The van der Waals surface area contributed by atoms with Gasteiger partial charge < -0.3 is 4.74 Å². The largest absolute Gasteiger partial charge is 0.457 e. The molecule has 3 aromatic rings. The number of benzene rings is 3. The summed E-state index contributed by atoms with van der Waals surface area (Å²) in [7, 11) is 0. The summed E-state index contributed by atoms with van der Waals surface area (Å²) in [4.78, 5) is 12.4. The monoisotopic (exact) mass is 352 g/mol. The van der Waals surface area contributed by atoms with E-state index in [1.807, 2.05) is 54.6 Å². The van der Waals surface area contributed by atoms with Gasteiger partial charge in [0, 0.05) is 15.6 Å². The molecule has 3 aromatic carbocycles. The Morgan fingerprint density at radius 2 is 1.41 bits per heavy atom. The highest BCUT2D eigenvalue weighted by molar-refractivity contribution is 9.10. The Bertz CT molecular complexity index is 780. The second-order valence-electron chi connectivity index (χ2n) is 4.78. The van der Waals surface area contributed by atoms with E-state index in [-0.39, 0.29) is 5.78 Å². The third kappa shape index (κ3) is 3.43. The third-order valence-electron chi connectivity index (χ3n) is 3.18. The van der Waals surface area contributed by atoms with Crippen molar-refractivity contribution >= 4 is 21.7 Å². The molecule has 3 heteroatoms. The molecular formula is C19H13BrO2. The van der Waals surface area contributed by atoms with Crippen LogP contribution in [0.4, 0.5) is 0 Å². The van der Waals surface area contributed by atoms with Gasteiger partial charge in [-0.05, 0) is 48.5 Å². The van der Waals surface area contributed by atoms with Crippen LogP contribution in [0.3, 0.4) is 0 Å². The number of para-hydroxylation sites is 1. The molecule has 0 aliphatic carbocycles. The molecule has 0 heterocycles. The Morgan fingerprint density at radius 1 is 0.727 bits per heavy atom. The van der Waals surface area contributed by atoms with Gasteiger partial charge in [0.1, 0.15) is 11.5 Å². The van der Waals surface area contributed by atoms with Crippen molar-refractivity contribution in [2.24, 2.45) is 0 Å². The van der Waals surface area contributed by atoms with Crippen LogP contribution >= 0.6 is 15.9 Å². The molecule has 0 N–H and O–H groups in total. The quantitative estimate of drug-likeness (QED) is 0.581. The number of carbonyl (C=O) groups excluding carboxylic acids is 1. The van der Waals surface area contributed by atoms with Crippen LogP contribution in [-0.2, 0) is 0 Å². The van der Waals surface area contributed by atoms with Crippen LogP contribution < -0.4 is 4.74 Å². The van der Waals surface area contributed by atoms with Gasteiger partial charge in [0.2, 0.25) is 0 Å². The Morgan fingerprint density at radius 3 is 2.09 bits per heavy atom. The van der Waals surface area contributed by atoms with Crippen LogP contribution in [0.5, 0.6) is 11.5 Å². The predicted octanol–water partition coefficient (Wildman–Crippen LogP) is 5.47. The van der Waals surface area contributed by atoms with E-state index in [4.69, 9.17) is 4.74 Å². The molecule has 0 radical (unpaired) electrons. The molecule has 0 aliphatic rings. The zero-order chi connectivity index (χ0) is 15.4.